The molecule has 0 saturated heterocycles. The highest BCUT2D eigenvalue weighted by atomic mass is 35.5. The summed E-state index contributed by atoms with van der Waals surface area (Å²) in [5.74, 6) is 0. The van der Waals surface area contributed by atoms with E-state index in [1.165, 1.54) is 18.3 Å². The number of nitrogens with zero attached hydrogens (tertiary/aromatic N) is 1. The van der Waals surface area contributed by atoms with Gasteiger partial charge in [-0.1, -0.05) is 34.8 Å². The van der Waals surface area contributed by atoms with Crippen molar-refractivity contribution in [2.45, 2.75) is 0 Å². The number of rotatable bonds is 2. The van der Waals surface area contributed by atoms with Crippen LogP contribution in [0.5, 0.6) is 0 Å². The fourth-order valence-electron chi connectivity index (χ4n) is 1.50. The van der Waals surface area contributed by atoms with Gasteiger partial charge < -0.3 is 4.98 Å². The number of pyridine rings is 1. The maximum atomic E-state index is 11.3. The van der Waals surface area contributed by atoms with Crippen molar-refractivity contribution in [3.05, 3.63) is 59.9 Å². The van der Waals surface area contributed by atoms with Crippen molar-refractivity contribution in [3.8, 4) is 11.1 Å². The Balaban J connectivity index is 2.63. The van der Waals surface area contributed by atoms with Crippen LogP contribution in [0.15, 0.2) is 29.2 Å². The summed E-state index contributed by atoms with van der Waals surface area (Å²) in [6.07, 6.45) is 1.34. The lowest BCUT2D eigenvalue weighted by molar-refractivity contribution is -0.386. The Morgan fingerprint density at radius 2 is 1.63 bits per heavy atom. The van der Waals surface area contributed by atoms with Crippen LogP contribution < -0.4 is 5.56 Å². The molecule has 2 aromatic rings. The van der Waals surface area contributed by atoms with Gasteiger partial charge in [0.05, 0.1) is 20.0 Å². The molecule has 0 amide bonds. The smallest absolute Gasteiger partial charge is 0.323 e. The molecule has 0 atom stereocenters. The monoisotopic (exact) mass is 318 g/mol. The summed E-state index contributed by atoms with van der Waals surface area (Å²) >= 11 is 17.6. The van der Waals surface area contributed by atoms with Crippen LogP contribution in [0, 0.1) is 10.1 Å². The molecule has 2 rings (SSSR count). The highest BCUT2D eigenvalue weighted by Crippen LogP contribution is 2.35. The van der Waals surface area contributed by atoms with Crippen molar-refractivity contribution in [2.24, 2.45) is 0 Å². The van der Waals surface area contributed by atoms with E-state index < -0.39 is 16.2 Å². The van der Waals surface area contributed by atoms with Crippen LogP contribution in [0.2, 0.25) is 15.1 Å². The summed E-state index contributed by atoms with van der Waals surface area (Å²) in [4.78, 5) is 23.5. The zero-order chi connectivity index (χ0) is 14.2. The highest BCUT2D eigenvalue weighted by molar-refractivity contribution is 6.48. The first-order chi connectivity index (χ1) is 8.90. The van der Waals surface area contributed by atoms with Gasteiger partial charge in [0.15, 0.2) is 0 Å². The second kappa shape index (κ2) is 5.21. The van der Waals surface area contributed by atoms with E-state index in [4.69, 9.17) is 34.8 Å². The lowest BCUT2D eigenvalue weighted by Crippen LogP contribution is -2.10. The Kier molecular flexibility index (Phi) is 3.80. The first kappa shape index (κ1) is 13.9. The highest BCUT2D eigenvalue weighted by Gasteiger charge is 2.15. The predicted molar refractivity (Wildman–Crippen MR) is 74.2 cm³/mol. The molecule has 0 saturated carbocycles. The van der Waals surface area contributed by atoms with E-state index in [0.29, 0.717) is 11.1 Å². The van der Waals surface area contributed by atoms with Crippen molar-refractivity contribution < 1.29 is 4.92 Å². The fraction of sp³-hybridized carbons (Fsp3) is 0. The molecule has 0 aliphatic carbocycles. The van der Waals surface area contributed by atoms with Crippen LogP contribution >= 0.6 is 34.8 Å². The molecule has 1 heterocycles. The number of hydrogen-bond acceptors (Lipinski definition) is 3. The van der Waals surface area contributed by atoms with Gasteiger partial charge >= 0.3 is 11.2 Å². The minimum atomic E-state index is -0.778. The van der Waals surface area contributed by atoms with Crippen LogP contribution in [0.3, 0.4) is 0 Å². The van der Waals surface area contributed by atoms with Gasteiger partial charge in [0.25, 0.3) is 0 Å². The van der Waals surface area contributed by atoms with E-state index in [0.717, 1.165) is 6.07 Å². The Morgan fingerprint density at radius 3 is 2.16 bits per heavy atom. The molecular weight excluding hydrogens is 314 g/mol. The second-order valence-electron chi connectivity index (χ2n) is 3.61. The Bertz CT molecular complexity index is 704. The van der Waals surface area contributed by atoms with Gasteiger partial charge in [0, 0.05) is 17.8 Å². The molecule has 0 aliphatic rings. The number of aromatic amines is 1. The van der Waals surface area contributed by atoms with E-state index >= 15 is 0 Å². The largest absolute Gasteiger partial charge is 0.334 e. The zero-order valence-corrected chi connectivity index (χ0v) is 11.4. The van der Waals surface area contributed by atoms with Gasteiger partial charge in [0.2, 0.25) is 0 Å². The standard InChI is InChI=1S/C11H5Cl3N2O3/c12-7-1-5(2-8(13)10(7)14)6-3-9(16(18)19)11(17)15-4-6/h1-4H,(H,15,17). The topological polar surface area (TPSA) is 76.0 Å². The summed E-state index contributed by atoms with van der Waals surface area (Å²) in [6.45, 7) is 0. The van der Waals surface area contributed by atoms with Crippen LogP contribution in [0.4, 0.5) is 5.69 Å². The van der Waals surface area contributed by atoms with Gasteiger partial charge in [-0.3, -0.25) is 14.9 Å². The zero-order valence-electron chi connectivity index (χ0n) is 9.12. The van der Waals surface area contributed by atoms with E-state index in [-0.39, 0.29) is 15.1 Å². The van der Waals surface area contributed by atoms with Gasteiger partial charge in [-0.15, -0.1) is 0 Å². The number of nitrogens with one attached hydrogen (secondary N) is 1. The fourth-order valence-corrected chi connectivity index (χ4v) is 2.09. The average molecular weight is 320 g/mol. The molecule has 98 valence electrons. The van der Waals surface area contributed by atoms with Crippen molar-refractivity contribution in [2.75, 3.05) is 0 Å². The maximum absolute atomic E-state index is 11.3. The number of aromatic nitrogens is 1. The third kappa shape index (κ3) is 2.73. The minimum Gasteiger partial charge on any atom is -0.323 e. The molecular formula is C11H5Cl3N2O3. The molecule has 5 nitrogen and oxygen atoms in total. The summed E-state index contributed by atoms with van der Waals surface area (Å²) in [6, 6.07) is 4.16. The molecule has 0 aliphatic heterocycles. The van der Waals surface area contributed by atoms with Crippen molar-refractivity contribution in [1.29, 1.82) is 0 Å². The number of halogens is 3. The van der Waals surface area contributed by atoms with Gasteiger partial charge in [-0.2, -0.15) is 0 Å². The third-order valence-electron chi connectivity index (χ3n) is 2.40. The first-order valence-electron chi connectivity index (χ1n) is 4.92. The molecule has 1 aromatic heterocycles. The summed E-state index contributed by atoms with van der Waals surface area (Å²) < 4.78 is 0. The maximum Gasteiger partial charge on any atom is 0.334 e. The van der Waals surface area contributed by atoms with Gasteiger partial charge in [-0.05, 0) is 17.7 Å². The Labute approximate surface area is 121 Å². The van der Waals surface area contributed by atoms with E-state index in [1.807, 2.05) is 0 Å². The van der Waals surface area contributed by atoms with Crippen LogP contribution in [-0.4, -0.2) is 9.91 Å². The average Bonchev–Trinajstić information content (AvgIpc) is 2.35. The molecule has 0 spiro atoms. The summed E-state index contributed by atoms with van der Waals surface area (Å²) in [7, 11) is 0. The molecule has 1 N–H and O–H groups in total. The lowest BCUT2D eigenvalue weighted by atomic mass is 10.1. The lowest BCUT2D eigenvalue weighted by Gasteiger charge is -2.05. The Morgan fingerprint density at radius 1 is 1.05 bits per heavy atom. The minimum absolute atomic E-state index is 0.200. The molecule has 19 heavy (non-hydrogen) atoms. The van der Waals surface area contributed by atoms with Crippen LogP contribution in [0.25, 0.3) is 11.1 Å². The van der Waals surface area contributed by atoms with Gasteiger partial charge in [-0.25, -0.2) is 0 Å². The third-order valence-corrected chi connectivity index (χ3v) is 3.59. The number of benzene rings is 1. The van der Waals surface area contributed by atoms with Gasteiger partial charge in [0.1, 0.15) is 0 Å². The van der Waals surface area contributed by atoms with Crippen molar-refractivity contribution in [1.82, 2.24) is 4.98 Å². The number of H-pyrrole nitrogens is 1. The molecule has 1 aromatic carbocycles. The second-order valence-corrected chi connectivity index (χ2v) is 4.81. The quantitative estimate of drug-likeness (QED) is 0.518. The molecule has 0 bridgehead atoms. The molecule has 8 heteroatoms. The van der Waals surface area contributed by atoms with E-state index in [2.05, 4.69) is 4.98 Å². The number of nitro groups is 1. The number of hydrogen-bond donors (Lipinski definition) is 1. The first-order valence-corrected chi connectivity index (χ1v) is 6.05. The molecule has 0 unspecified atom stereocenters. The predicted octanol–water partition coefficient (Wildman–Crippen LogP) is 3.91. The Hall–Kier alpha value is -1.56. The van der Waals surface area contributed by atoms with E-state index in [9.17, 15) is 14.9 Å². The normalized spacial score (nSPS) is 10.5. The van der Waals surface area contributed by atoms with Crippen molar-refractivity contribution >= 4 is 40.5 Å². The summed E-state index contributed by atoms with van der Waals surface area (Å²) in [5, 5.41) is 11.3. The van der Waals surface area contributed by atoms with Crippen molar-refractivity contribution in [3.63, 3.8) is 0 Å². The SMILES string of the molecule is O=c1[nH]cc(-c2cc(Cl)c(Cl)c(Cl)c2)cc1[N+](=O)[O-]. The molecule has 0 radical (unpaired) electrons. The van der Waals surface area contributed by atoms with Crippen LogP contribution in [-0.2, 0) is 0 Å². The van der Waals surface area contributed by atoms with E-state index in [1.54, 1.807) is 0 Å². The molecule has 0 fully saturated rings. The van der Waals surface area contributed by atoms with Crippen LogP contribution in [0.1, 0.15) is 0 Å². The summed E-state index contributed by atoms with van der Waals surface area (Å²) in [5.41, 5.74) is -0.412.